The van der Waals surface area contributed by atoms with Crippen LogP contribution in [0.5, 0.6) is 0 Å². The maximum absolute atomic E-state index is 11.8. The third kappa shape index (κ3) is 2.17. The minimum Gasteiger partial charge on any atom is -0.481 e. The van der Waals surface area contributed by atoms with E-state index in [9.17, 15) is 14.4 Å². The van der Waals surface area contributed by atoms with E-state index in [2.05, 4.69) is 0 Å². The number of anilines is 2. The molecule has 3 N–H and O–H groups in total. The van der Waals surface area contributed by atoms with Crippen LogP contribution in [-0.2, 0) is 20.8 Å². The molecule has 0 bridgehead atoms. The molecule has 0 saturated carbocycles. The Balaban J connectivity index is 2.39. The number of carboxylic acids is 1. The van der Waals surface area contributed by atoms with Crippen molar-refractivity contribution in [3.05, 3.63) is 23.8 Å². The fourth-order valence-electron chi connectivity index (χ4n) is 1.99. The van der Waals surface area contributed by atoms with Crippen LogP contribution in [0.1, 0.15) is 18.4 Å². The summed E-state index contributed by atoms with van der Waals surface area (Å²) >= 11 is 0. The van der Waals surface area contributed by atoms with Crippen LogP contribution in [-0.4, -0.2) is 22.9 Å². The summed E-state index contributed by atoms with van der Waals surface area (Å²) in [7, 11) is 0. The number of carbonyl (C=O) groups is 3. The number of aliphatic carboxylic acids is 1. The fraction of sp³-hybridized carbons (Fsp3) is 0.250. The Morgan fingerprint density at radius 1 is 1.33 bits per heavy atom. The second kappa shape index (κ2) is 4.48. The molecule has 0 aliphatic carbocycles. The third-order valence-electron chi connectivity index (χ3n) is 2.75. The zero-order valence-electron chi connectivity index (χ0n) is 9.55. The minimum absolute atomic E-state index is 0.182. The van der Waals surface area contributed by atoms with Crippen LogP contribution >= 0.6 is 0 Å². The molecule has 2 amide bonds. The van der Waals surface area contributed by atoms with Crippen LogP contribution in [0.25, 0.3) is 0 Å². The van der Waals surface area contributed by atoms with Crippen molar-refractivity contribution in [2.75, 3.05) is 10.6 Å². The van der Waals surface area contributed by atoms with E-state index in [1.807, 2.05) is 0 Å². The van der Waals surface area contributed by atoms with Crippen LogP contribution in [0.2, 0.25) is 0 Å². The lowest BCUT2D eigenvalue weighted by Crippen LogP contribution is -2.41. The summed E-state index contributed by atoms with van der Waals surface area (Å²) in [6.45, 7) is 0. The Hall–Kier alpha value is -2.37. The number of rotatable bonds is 2. The van der Waals surface area contributed by atoms with Crippen molar-refractivity contribution in [2.24, 2.45) is 0 Å². The first-order chi connectivity index (χ1) is 8.49. The van der Waals surface area contributed by atoms with Gasteiger partial charge in [-0.3, -0.25) is 14.4 Å². The highest BCUT2D eigenvalue weighted by molar-refractivity contribution is 6.19. The van der Waals surface area contributed by atoms with E-state index in [0.717, 1.165) is 10.5 Å². The van der Waals surface area contributed by atoms with E-state index < -0.39 is 18.3 Å². The van der Waals surface area contributed by atoms with Crippen LogP contribution in [0, 0.1) is 0 Å². The quantitative estimate of drug-likeness (QED) is 0.588. The summed E-state index contributed by atoms with van der Waals surface area (Å²) in [6, 6.07) is 4.85. The average Bonchev–Trinajstić information content (AvgIpc) is 2.28. The highest BCUT2D eigenvalue weighted by Gasteiger charge is 2.30. The maximum Gasteiger partial charge on any atom is 0.312 e. The van der Waals surface area contributed by atoms with Gasteiger partial charge in [0.1, 0.15) is 6.42 Å². The van der Waals surface area contributed by atoms with Crippen molar-refractivity contribution < 1.29 is 19.5 Å². The summed E-state index contributed by atoms with van der Waals surface area (Å²) in [5.74, 6) is -2.35. The van der Waals surface area contributed by atoms with Crippen LogP contribution in [0.15, 0.2) is 18.2 Å². The molecule has 1 aliphatic heterocycles. The number of fused-ring (bicyclic) bond motifs is 1. The number of hydrogen-bond acceptors (Lipinski definition) is 4. The normalized spacial score (nSPS) is 14.2. The Morgan fingerprint density at radius 2 is 2.06 bits per heavy atom. The zero-order chi connectivity index (χ0) is 13.3. The maximum atomic E-state index is 11.8. The van der Waals surface area contributed by atoms with Crippen molar-refractivity contribution in [1.82, 2.24) is 0 Å². The van der Waals surface area contributed by atoms with Gasteiger partial charge >= 0.3 is 5.97 Å². The number of carboxylic acid groups (broad SMARTS) is 1. The second-order valence-corrected chi connectivity index (χ2v) is 4.08. The lowest BCUT2D eigenvalue weighted by Gasteiger charge is -2.27. The minimum atomic E-state index is -1.25. The molecule has 0 spiro atoms. The first kappa shape index (κ1) is 12.1. The predicted octanol–water partition coefficient (Wildman–Crippen LogP) is 0.549. The van der Waals surface area contributed by atoms with Crippen molar-refractivity contribution >= 4 is 29.2 Å². The van der Waals surface area contributed by atoms with Gasteiger partial charge in [0.25, 0.3) is 0 Å². The lowest BCUT2D eigenvalue weighted by molar-refractivity contribution is -0.140. The number of carbonyl (C=O) groups excluding carboxylic acids is 2. The molecule has 94 valence electrons. The summed E-state index contributed by atoms with van der Waals surface area (Å²) in [5.41, 5.74) is 7.41. The number of nitrogens with zero attached hydrogens (tertiary/aromatic N) is 1. The van der Waals surface area contributed by atoms with E-state index in [0.29, 0.717) is 17.8 Å². The van der Waals surface area contributed by atoms with Gasteiger partial charge in [0.05, 0.1) is 5.69 Å². The fourth-order valence-corrected chi connectivity index (χ4v) is 1.99. The van der Waals surface area contributed by atoms with E-state index in [4.69, 9.17) is 10.8 Å². The number of nitrogen functional groups attached to an aromatic ring is 1. The van der Waals surface area contributed by atoms with Crippen LogP contribution < -0.4 is 10.6 Å². The van der Waals surface area contributed by atoms with Crippen molar-refractivity contribution in [1.29, 1.82) is 0 Å². The van der Waals surface area contributed by atoms with Gasteiger partial charge in [-0.1, -0.05) is 0 Å². The Morgan fingerprint density at radius 3 is 2.72 bits per heavy atom. The Labute approximate surface area is 103 Å². The van der Waals surface area contributed by atoms with E-state index >= 15 is 0 Å². The van der Waals surface area contributed by atoms with E-state index in [1.54, 1.807) is 18.2 Å². The first-order valence-electron chi connectivity index (χ1n) is 5.45. The molecular weight excluding hydrogens is 236 g/mol. The van der Waals surface area contributed by atoms with Crippen molar-refractivity contribution in [3.63, 3.8) is 0 Å². The van der Waals surface area contributed by atoms with Gasteiger partial charge < -0.3 is 10.8 Å². The van der Waals surface area contributed by atoms with Gasteiger partial charge in [0.2, 0.25) is 11.8 Å². The topological polar surface area (TPSA) is 101 Å². The molecule has 0 unspecified atom stereocenters. The molecule has 1 aromatic rings. The molecule has 0 fully saturated rings. The molecule has 2 rings (SSSR count). The van der Waals surface area contributed by atoms with E-state index in [-0.39, 0.29) is 12.3 Å². The number of nitrogens with two attached hydrogens (primary N) is 1. The summed E-state index contributed by atoms with van der Waals surface area (Å²) in [4.78, 5) is 35.0. The third-order valence-corrected chi connectivity index (χ3v) is 2.75. The molecule has 18 heavy (non-hydrogen) atoms. The molecule has 1 heterocycles. The van der Waals surface area contributed by atoms with Gasteiger partial charge in [-0.2, -0.15) is 0 Å². The standard InChI is InChI=1S/C12H12N2O4/c13-8-2-3-9-7(5-8)1-4-10(15)14(9)11(16)6-12(17)18/h2-3,5H,1,4,6,13H2,(H,17,18). The molecule has 1 aromatic carbocycles. The smallest absolute Gasteiger partial charge is 0.312 e. The van der Waals surface area contributed by atoms with Gasteiger partial charge in [-0.25, -0.2) is 4.90 Å². The molecular formula is C12H12N2O4. The number of imide groups is 1. The zero-order valence-corrected chi connectivity index (χ0v) is 9.55. The number of aryl methyl sites for hydroxylation is 1. The van der Waals surface area contributed by atoms with E-state index in [1.165, 1.54) is 0 Å². The summed E-state index contributed by atoms with van der Waals surface area (Å²) < 4.78 is 0. The number of benzene rings is 1. The highest BCUT2D eigenvalue weighted by atomic mass is 16.4. The summed E-state index contributed by atoms with van der Waals surface area (Å²) in [5, 5.41) is 8.61. The molecule has 1 aliphatic rings. The van der Waals surface area contributed by atoms with Crippen molar-refractivity contribution in [3.8, 4) is 0 Å². The average molecular weight is 248 g/mol. The van der Waals surface area contributed by atoms with Gasteiger partial charge in [-0.15, -0.1) is 0 Å². The molecule has 6 heteroatoms. The molecule has 0 radical (unpaired) electrons. The summed E-state index contributed by atoms with van der Waals surface area (Å²) in [6.07, 6.45) is -0.00652. The molecule has 0 atom stereocenters. The van der Waals surface area contributed by atoms with Gasteiger partial charge in [0, 0.05) is 12.1 Å². The van der Waals surface area contributed by atoms with Gasteiger partial charge in [-0.05, 0) is 30.2 Å². The monoisotopic (exact) mass is 248 g/mol. The largest absolute Gasteiger partial charge is 0.481 e. The molecule has 0 saturated heterocycles. The number of hydrogen-bond donors (Lipinski definition) is 2. The van der Waals surface area contributed by atoms with Crippen molar-refractivity contribution in [2.45, 2.75) is 19.3 Å². The predicted molar refractivity (Wildman–Crippen MR) is 63.9 cm³/mol. The first-order valence-corrected chi connectivity index (χ1v) is 5.45. The Kier molecular flexibility index (Phi) is 3.01. The van der Waals surface area contributed by atoms with Gasteiger partial charge in [0.15, 0.2) is 0 Å². The molecule has 6 nitrogen and oxygen atoms in total. The molecule has 0 aromatic heterocycles. The Bertz CT molecular complexity index is 539. The highest BCUT2D eigenvalue weighted by Crippen LogP contribution is 2.29. The number of amides is 2. The second-order valence-electron chi connectivity index (χ2n) is 4.08. The van der Waals surface area contributed by atoms with Crippen LogP contribution in [0.3, 0.4) is 0 Å². The SMILES string of the molecule is Nc1ccc2c(c1)CCC(=O)N2C(=O)CC(=O)O. The lowest BCUT2D eigenvalue weighted by atomic mass is 10.00. The van der Waals surface area contributed by atoms with Crippen LogP contribution in [0.4, 0.5) is 11.4 Å².